The number of allylic oxidation sites excluding steroid dienone is 3. The Morgan fingerprint density at radius 2 is 1.70 bits per heavy atom. The first-order valence-electron chi connectivity index (χ1n) is 10.3. The van der Waals surface area contributed by atoms with Gasteiger partial charge in [-0.3, -0.25) is 0 Å². The zero-order valence-electron chi connectivity index (χ0n) is 16.1. The van der Waals surface area contributed by atoms with E-state index in [9.17, 15) is 8.42 Å². The van der Waals surface area contributed by atoms with Crippen molar-refractivity contribution < 1.29 is 8.42 Å². The first kappa shape index (κ1) is 18.8. The quantitative estimate of drug-likeness (QED) is 0.813. The van der Waals surface area contributed by atoms with E-state index in [0.717, 1.165) is 25.2 Å². The van der Waals surface area contributed by atoms with Gasteiger partial charge < -0.3 is 10.6 Å². The van der Waals surface area contributed by atoms with Crippen molar-refractivity contribution in [2.24, 2.45) is 11.8 Å². The van der Waals surface area contributed by atoms with Crippen LogP contribution in [0.2, 0.25) is 0 Å². The normalized spacial score (nSPS) is 22.2. The molecule has 2 N–H and O–H groups in total. The highest BCUT2D eigenvalue weighted by atomic mass is 32.2. The van der Waals surface area contributed by atoms with Crippen LogP contribution in [0.25, 0.3) is 5.57 Å². The molecule has 2 aliphatic heterocycles. The van der Waals surface area contributed by atoms with Crippen LogP contribution in [0.1, 0.15) is 44.6 Å². The number of piperidine rings is 1. The molecule has 0 atom stereocenters. The van der Waals surface area contributed by atoms with E-state index in [-0.39, 0.29) is 5.75 Å². The second-order valence-corrected chi connectivity index (χ2v) is 10.3. The molecule has 1 saturated heterocycles. The topological polar surface area (TPSA) is 58.2 Å². The Bertz CT molecular complexity index is 843. The van der Waals surface area contributed by atoms with E-state index in [2.05, 4.69) is 16.7 Å². The van der Waals surface area contributed by atoms with Crippen LogP contribution in [0.4, 0.5) is 0 Å². The molecule has 1 aliphatic carbocycles. The summed E-state index contributed by atoms with van der Waals surface area (Å²) in [6.07, 6.45) is 8.75. The Morgan fingerprint density at radius 1 is 1.00 bits per heavy atom. The van der Waals surface area contributed by atoms with E-state index in [1.54, 1.807) is 19.1 Å². The maximum atomic E-state index is 12.1. The van der Waals surface area contributed by atoms with Gasteiger partial charge in [0.25, 0.3) is 0 Å². The summed E-state index contributed by atoms with van der Waals surface area (Å²) in [7, 11) is -3.14. The van der Waals surface area contributed by atoms with E-state index in [1.165, 1.54) is 48.9 Å². The maximum absolute atomic E-state index is 12.1. The molecule has 1 aromatic carbocycles. The van der Waals surface area contributed by atoms with Crippen LogP contribution >= 0.6 is 0 Å². The van der Waals surface area contributed by atoms with Crippen molar-refractivity contribution in [3.05, 3.63) is 47.2 Å². The van der Waals surface area contributed by atoms with Gasteiger partial charge in [0.1, 0.15) is 0 Å². The fourth-order valence-electron chi connectivity index (χ4n) is 4.39. The fourth-order valence-corrected chi connectivity index (χ4v) is 5.27. The van der Waals surface area contributed by atoms with Gasteiger partial charge in [-0.2, -0.15) is 0 Å². The smallest absolute Gasteiger partial charge is 0.178 e. The van der Waals surface area contributed by atoms with E-state index >= 15 is 0 Å². The van der Waals surface area contributed by atoms with E-state index in [0.29, 0.717) is 16.7 Å². The fraction of sp³-hybridized carbons (Fsp3) is 0.545. The van der Waals surface area contributed by atoms with E-state index in [1.807, 2.05) is 12.1 Å². The molecule has 27 heavy (non-hydrogen) atoms. The Balaban J connectivity index is 1.63. The van der Waals surface area contributed by atoms with Gasteiger partial charge in [-0.05, 0) is 73.5 Å². The molecule has 0 bridgehead atoms. The summed E-state index contributed by atoms with van der Waals surface area (Å²) in [4.78, 5) is 0.420. The minimum atomic E-state index is -3.14. The summed E-state index contributed by atoms with van der Waals surface area (Å²) in [6, 6.07) is 7.43. The molecule has 0 amide bonds. The summed E-state index contributed by atoms with van der Waals surface area (Å²) in [6.45, 7) is 4.74. The summed E-state index contributed by atoms with van der Waals surface area (Å²) < 4.78 is 24.1. The van der Waals surface area contributed by atoms with Gasteiger partial charge in [0, 0.05) is 18.2 Å². The monoisotopic (exact) mass is 386 g/mol. The predicted molar refractivity (Wildman–Crippen MR) is 110 cm³/mol. The van der Waals surface area contributed by atoms with Crippen LogP contribution in [-0.2, 0) is 9.84 Å². The Kier molecular flexibility index (Phi) is 5.42. The molecule has 0 spiro atoms. The van der Waals surface area contributed by atoms with Crippen molar-refractivity contribution >= 4 is 15.4 Å². The van der Waals surface area contributed by atoms with Gasteiger partial charge in [-0.15, -0.1) is 0 Å². The largest absolute Gasteiger partial charge is 0.384 e. The molecular weight excluding hydrogens is 356 g/mol. The molecular formula is C22H30N2O2S. The second-order valence-electron chi connectivity index (χ2n) is 7.97. The molecule has 4 rings (SSSR count). The van der Waals surface area contributed by atoms with Crippen molar-refractivity contribution in [3.63, 3.8) is 0 Å². The number of sulfone groups is 1. The standard InChI is InChI=1S/C22H30N2O2S/c1-2-27(25,26)20-8-6-16(7-9-20)19-14-21(17-4-3-5-17)22(24-15-19)18-10-12-23-13-11-18/h6-9,14,17-18,23-24H,2-5,10-13,15H2,1H3. The lowest BCUT2D eigenvalue weighted by molar-refractivity contribution is 0.351. The van der Waals surface area contributed by atoms with Crippen molar-refractivity contribution in [2.75, 3.05) is 25.4 Å². The average molecular weight is 387 g/mol. The lowest BCUT2D eigenvalue weighted by Gasteiger charge is -2.36. The SMILES string of the molecule is CCS(=O)(=O)c1ccc(C2=CC(C3CCC3)=C(C3CCNCC3)NC2)cc1. The van der Waals surface area contributed by atoms with Gasteiger partial charge in [0.2, 0.25) is 0 Å². The Labute approximate surface area is 163 Å². The van der Waals surface area contributed by atoms with Crippen molar-refractivity contribution in [3.8, 4) is 0 Å². The molecule has 1 aromatic rings. The third-order valence-electron chi connectivity index (χ3n) is 6.37. The lowest BCUT2D eigenvalue weighted by atomic mass is 9.74. The summed E-state index contributed by atoms with van der Waals surface area (Å²) in [5, 5.41) is 7.23. The highest BCUT2D eigenvalue weighted by molar-refractivity contribution is 7.91. The zero-order valence-corrected chi connectivity index (χ0v) is 16.9. The minimum Gasteiger partial charge on any atom is -0.384 e. The van der Waals surface area contributed by atoms with Gasteiger partial charge >= 0.3 is 0 Å². The molecule has 4 nitrogen and oxygen atoms in total. The van der Waals surface area contributed by atoms with Gasteiger partial charge in [0.05, 0.1) is 10.6 Å². The molecule has 3 aliphatic rings. The van der Waals surface area contributed by atoms with E-state index < -0.39 is 9.84 Å². The third-order valence-corrected chi connectivity index (χ3v) is 8.12. The molecule has 2 fully saturated rings. The first-order chi connectivity index (χ1) is 13.1. The number of hydrogen-bond donors (Lipinski definition) is 2. The van der Waals surface area contributed by atoms with Crippen molar-refractivity contribution in [2.45, 2.75) is 43.9 Å². The Morgan fingerprint density at radius 3 is 2.30 bits per heavy atom. The zero-order chi connectivity index (χ0) is 18.9. The number of rotatable bonds is 5. The minimum absolute atomic E-state index is 0.144. The van der Waals surface area contributed by atoms with Crippen LogP contribution < -0.4 is 10.6 Å². The van der Waals surface area contributed by atoms with Gasteiger partial charge in [0.15, 0.2) is 9.84 Å². The summed E-state index contributed by atoms with van der Waals surface area (Å²) in [5.41, 5.74) is 5.39. The Hall–Kier alpha value is -1.59. The molecule has 0 radical (unpaired) electrons. The molecule has 0 unspecified atom stereocenters. The van der Waals surface area contributed by atoms with Crippen LogP contribution in [0.3, 0.4) is 0 Å². The van der Waals surface area contributed by atoms with Gasteiger partial charge in [-0.1, -0.05) is 31.6 Å². The molecule has 0 aromatic heterocycles. The maximum Gasteiger partial charge on any atom is 0.178 e. The first-order valence-corrected chi connectivity index (χ1v) is 12.0. The van der Waals surface area contributed by atoms with Gasteiger partial charge in [-0.25, -0.2) is 8.42 Å². The van der Waals surface area contributed by atoms with Crippen LogP contribution in [-0.4, -0.2) is 33.8 Å². The van der Waals surface area contributed by atoms with Crippen LogP contribution in [0.5, 0.6) is 0 Å². The number of benzene rings is 1. The third kappa shape index (κ3) is 3.85. The average Bonchev–Trinajstić information content (AvgIpc) is 2.67. The second kappa shape index (κ2) is 7.80. The van der Waals surface area contributed by atoms with Crippen molar-refractivity contribution in [1.82, 2.24) is 10.6 Å². The molecule has 2 heterocycles. The summed E-state index contributed by atoms with van der Waals surface area (Å²) in [5.74, 6) is 1.49. The number of dihydropyridines is 1. The highest BCUT2D eigenvalue weighted by Crippen LogP contribution is 2.40. The number of nitrogens with one attached hydrogen (secondary N) is 2. The highest BCUT2D eigenvalue weighted by Gasteiger charge is 2.30. The number of hydrogen-bond acceptors (Lipinski definition) is 4. The summed E-state index contributed by atoms with van der Waals surface area (Å²) >= 11 is 0. The predicted octanol–water partition coefficient (Wildman–Crippen LogP) is 3.52. The lowest BCUT2D eigenvalue weighted by Crippen LogP contribution is -2.36. The van der Waals surface area contributed by atoms with Crippen LogP contribution in [0, 0.1) is 11.8 Å². The van der Waals surface area contributed by atoms with Crippen LogP contribution in [0.15, 0.2) is 46.5 Å². The van der Waals surface area contributed by atoms with E-state index in [4.69, 9.17) is 0 Å². The molecule has 5 heteroatoms. The molecule has 1 saturated carbocycles. The molecule has 146 valence electrons. The van der Waals surface area contributed by atoms with Crippen molar-refractivity contribution in [1.29, 1.82) is 0 Å².